The first-order valence-corrected chi connectivity index (χ1v) is 6.44. The normalized spacial score (nSPS) is 22.8. The van der Waals surface area contributed by atoms with Gasteiger partial charge in [0.15, 0.2) is 0 Å². The molecule has 6 heteroatoms. The lowest BCUT2D eigenvalue weighted by Crippen LogP contribution is -2.46. The summed E-state index contributed by atoms with van der Waals surface area (Å²) in [6.07, 6.45) is 0. The van der Waals surface area contributed by atoms with Crippen molar-refractivity contribution in [3.63, 3.8) is 0 Å². The molecule has 1 saturated heterocycles. The molecule has 18 heavy (non-hydrogen) atoms. The third kappa shape index (κ3) is 3.68. The van der Waals surface area contributed by atoms with Crippen molar-refractivity contribution in [2.24, 2.45) is 5.92 Å². The fourth-order valence-corrected chi connectivity index (χ4v) is 2.08. The zero-order valence-electron chi connectivity index (χ0n) is 11.4. The van der Waals surface area contributed by atoms with Crippen molar-refractivity contribution in [1.82, 2.24) is 15.5 Å². The highest BCUT2D eigenvalue weighted by atomic mass is 16.5. The minimum absolute atomic E-state index is 0.0357. The molecule has 2 unspecified atom stereocenters. The Morgan fingerprint density at radius 2 is 1.94 bits per heavy atom. The van der Waals surface area contributed by atoms with E-state index in [1.54, 1.807) is 11.9 Å². The lowest BCUT2D eigenvalue weighted by Gasteiger charge is -2.20. The molecule has 1 aliphatic heterocycles. The second-order valence-corrected chi connectivity index (χ2v) is 4.32. The Balaban J connectivity index is 2.39. The number of amides is 2. The molecule has 0 aromatic carbocycles. The lowest BCUT2D eigenvalue weighted by molar-refractivity contribution is -0.133. The van der Waals surface area contributed by atoms with E-state index in [4.69, 9.17) is 4.74 Å². The van der Waals surface area contributed by atoms with Gasteiger partial charge in [0.1, 0.15) is 0 Å². The average molecular weight is 257 g/mol. The molecule has 0 radical (unpaired) electrons. The van der Waals surface area contributed by atoms with E-state index in [-0.39, 0.29) is 30.3 Å². The second kappa shape index (κ2) is 7.33. The Hall–Kier alpha value is -1.14. The smallest absolute Gasteiger partial charge is 0.241 e. The maximum absolute atomic E-state index is 11.9. The first-order chi connectivity index (χ1) is 8.63. The molecule has 0 aromatic rings. The van der Waals surface area contributed by atoms with Crippen molar-refractivity contribution in [3.8, 4) is 0 Å². The summed E-state index contributed by atoms with van der Waals surface area (Å²) in [5.74, 6) is -0.375. The van der Waals surface area contributed by atoms with Gasteiger partial charge in [-0.25, -0.2) is 0 Å². The van der Waals surface area contributed by atoms with Gasteiger partial charge in [-0.15, -0.1) is 0 Å². The quantitative estimate of drug-likeness (QED) is 0.654. The molecule has 0 aromatic heterocycles. The summed E-state index contributed by atoms with van der Waals surface area (Å²) in [6, 6.07) is 0.0357. The van der Waals surface area contributed by atoms with Crippen LogP contribution in [0.1, 0.15) is 13.8 Å². The van der Waals surface area contributed by atoms with Crippen LogP contribution in [0.2, 0.25) is 0 Å². The average Bonchev–Trinajstić information content (AvgIpc) is 2.85. The molecule has 0 saturated carbocycles. The van der Waals surface area contributed by atoms with Gasteiger partial charge in [0.25, 0.3) is 0 Å². The van der Waals surface area contributed by atoms with Crippen LogP contribution in [0.25, 0.3) is 0 Å². The standard InChI is InChI=1S/C12H23N3O3/c1-4-15(5-2)11(16)6-14-12(17)9-7-18-8-10(9)13-3/h9-10,13H,4-8H2,1-3H3,(H,14,17). The van der Waals surface area contributed by atoms with E-state index in [9.17, 15) is 9.59 Å². The highest BCUT2D eigenvalue weighted by molar-refractivity contribution is 5.86. The summed E-state index contributed by atoms with van der Waals surface area (Å²) < 4.78 is 5.26. The zero-order chi connectivity index (χ0) is 13.5. The molecule has 2 amide bonds. The molecule has 2 N–H and O–H groups in total. The van der Waals surface area contributed by atoms with Crippen LogP contribution in [-0.2, 0) is 14.3 Å². The van der Waals surface area contributed by atoms with E-state index in [2.05, 4.69) is 10.6 Å². The molecule has 0 aliphatic carbocycles. The van der Waals surface area contributed by atoms with Gasteiger partial charge < -0.3 is 20.3 Å². The largest absolute Gasteiger partial charge is 0.379 e. The number of ether oxygens (including phenoxy) is 1. The molecule has 0 spiro atoms. The van der Waals surface area contributed by atoms with Crippen LogP contribution in [0, 0.1) is 5.92 Å². The van der Waals surface area contributed by atoms with Crippen LogP contribution in [0.15, 0.2) is 0 Å². The Kier molecular flexibility index (Phi) is 6.07. The minimum Gasteiger partial charge on any atom is -0.379 e. The molecular weight excluding hydrogens is 234 g/mol. The number of rotatable bonds is 6. The molecule has 104 valence electrons. The van der Waals surface area contributed by atoms with Gasteiger partial charge in [0, 0.05) is 19.1 Å². The molecule has 1 rings (SSSR count). The number of likely N-dealkylation sites (N-methyl/N-ethyl adjacent to an activating group) is 2. The Bertz CT molecular complexity index is 292. The summed E-state index contributed by atoms with van der Waals surface area (Å²) >= 11 is 0. The maximum atomic E-state index is 11.9. The minimum atomic E-state index is -0.209. The summed E-state index contributed by atoms with van der Waals surface area (Å²) in [4.78, 5) is 25.4. The van der Waals surface area contributed by atoms with Crippen LogP contribution < -0.4 is 10.6 Å². The maximum Gasteiger partial charge on any atom is 0.241 e. The van der Waals surface area contributed by atoms with Gasteiger partial charge in [-0.1, -0.05) is 0 Å². The first kappa shape index (κ1) is 14.9. The number of carbonyl (C=O) groups is 2. The molecule has 1 aliphatic rings. The Morgan fingerprint density at radius 1 is 1.28 bits per heavy atom. The Labute approximate surface area is 108 Å². The van der Waals surface area contributed by atoms with E-state index in [1.165, 1.54) is 0 Å². The van der Waals surface area contributed by atoms with Gasteiger partial charge in [0.05, 0.1) is 25.7 Å². The van der Waals surface area contributed by atoms with Crippen molar-refractivity contribution in [3.05, 3.63) is 0 Å². The number of hydrogen-bond donors (Lipinski definition) is 2. The summed E-state index contributed by atoms with van der Waals surface area (Å²) in [5, 5.41) is 5.73. The first-order valence-electron chi connectivity index (χ1n) is 6.44. The van der Waals surface area contributed by atoms with E-state index in [1.807, 2.05) is 13.8 Å². The van der Waals surface area contributed by atoms with Crippen molar-refractivity contribution < 1.29 is 14.3 Å². The molecule has 1 fully saturated rings. The number of nitrogens with one attached hydrogen (secondary N) is 2. The SMILES string of the molecule is CCN(CC)C(=O)CNC(=O)C1COCC1NC. The third-order valence-electron chi connectivity index (χ3n) is 3.32. The third-order valence-corrected chi connectivity index (χ3v) is 3.32. The predicted octanol–water partition coefficient (Wildman–Crippen LogP) is -0.795. The van der Waals surface area contributed by atoms with Crippen LogP contribution in [-0.4, -0.2) is 62.7 Å². The Morgan fingerprint density at radius 3 is 2.50 bits per heavy atom. The lowest BCUT2D eigenvalue weighted by atomic mass is 10.0. The van der Waals surface area contributed by atoms with E-state index in [0.717, 1.165) is 0 Å². The highest BCUT2D eigenvalue weighted by Crippen LogP contribution is 2.13. The number of hydrogen-bond acceptors (Lipinski definition) is 4. The molecule has 0 bridgehead atoms. The van der Waals surface area contributed by atoms with Crippen molar-refractivity contribution in [2.45, 2.75) is 19.9 Å². The van der Waals surface area contributed by atoms with Crippen molar-refractivity contribution in [1.29, 1.82) is 0 Å². The van der Waals surface area contributed by atoms with Crippen LogP contribution >= 0.6 is 0 Å². The number of nitrogens with zero attached hydrogens (tertiary/aromatic N) is 1. The molecule has 6 nitrogen and oxygen atoms in total. The highest BCUT2D eigenvalue weighted by Gasteiger charge is 2.33. The monoisotopic (exact) mass is 257 g/mol. The fourth-order valence-electron chi connectivity index (χ4n) is 2.08. The molecule has 2 atom stereocenters. The summed E-state index contributed by atoms with van der Waals surface area (Å²) in [6.45, 7) is 6.19. The van der Waals surface area contributed by atoms with Crippen LogP contribution in [0.5, 0.6) is 0 Å². The molecule has 1 heterocycles. The van der Waals surface area contributed by atoms with Gasteiger partial charge >= 0.3 is 0 Å². The fraction of sp³-hybridized carbons (Fsp3) is 0.833. The van der Waals surface area contributed by atoms with Crippen molar-refractivity contribution >= 4 is 11.8 Å². The van der Waals surface area contributed by atoms with Gasteiger partial charge in [-0.05, 0) is 20.9 Å². The second-order valence-electron chi connectivity index (χ2n) is 4.32. The zero-order valence-corrected chi connectivity index (χ0v) is 11.4. The van der Waals surface area contributed by atoms with E-state index >= 15 is 0 Å². The van der Waals surface area contributed by atoms with E-state index in [0.29, 0.717) is 26.3 Å². The van der Waals surface area contributed by atoms with Crippen LogP contribution in [0.3, 0.4) is 0 Å². The number of carbonyl (C=O) groups excluding carboxylic acids is 2. The topological polar surface area (TPSA) is 70.7 Å². The van der Waals surface area contributed by atoms with Crippen LogP contribution in [0.4, 0.5) is 0 Å². The molecular formula is C12H23N3O3. The predicted molar refractivity (Wildman–Crippen MR) is 68.1 cm³/mol. The van der Waals surface area contributed by atoms with Gasteiger partial charge in [-0.3, -0.25) is 9.59 Å². The van der Waals surface area contributed by atoms with Crippen molar-refractivity contribution in [2.75, 3.05) is 39.9 Å². The van der Waals surface area contributed by atoms with Gasteiger partial charge in [-0.2, -0.15) is 0 Å². The summed E-state index contributed by atoms with van der Waals surface area (Å²) in [7, 11) is 1.81. The summed E-state index contributed by atoms with van der Waals surface area (Å²) in [5.41, 5.74) is 0. The van der Waals surface area contributed by atoms with Gasteiger partial charge in [0.2, 0.25) is 11.8 Å². The van der Waals surface area contributed by atoms with E-state index < -0.39 is 0 Å².